The molecule has 0 fully saturated rings. The molecule has 0 radical (unpaired) electrons. The Morgan fingerprint density at radius 1 is 1.23 bits per heavy atom. The standard InChI is InChI=1S/C9H10Br2N2/c1-5-4-12-8-2-6(10)7(11)3-9(8)13-5/h2-3,5,12-13H,4H2,1H3/t5-/m1/s1. The lowest BCUT2D eigenvalue weighted by molar-refractivity contribution is 0.817. The number of benzene rings is 1. The molecule has 0 saturated carbocycles. The normalized spacial score (nSPS) is 20.1. The van der Waals surface area contributed by atoms with Crippen LogP contribution in [0.1, 0.15) is 6.92 Å². The van der Waals surface area contributed by atoms with E-state index in [-0.39, 0.29) is 0 Å². The van der Waals surface area contributed by atoms with Crippen LogP contribution in [0, 0.1) is 0 Å². The maximum Gasteiger partial charge on any atom is 0.0590 e. The molecule has 0 unspecified atom stereocenters. The number of nitrogens with one attached hydrogen (secondary N) is 2. The van der Waals surface area contributed by atoms with E-state index in [1.807, 2.05) is 0 Å². The molecule has 0 aliphatic carbocycles. The van der Waals surface area contributed by atoms with Crippen LogP contribution < -0.4 is 10.6 Å². The van der Waals surface area contributed by atoms with Crippen molar-refractivity contribution < 1.29 is 0 Å². The minimum Gasteiger partial charge on any atom is -0.381 e. The summed E-state index contributed by atoms with van der Waals surface area (Å²) in [7, 11) is 0. The lowest BCUT2D eigenvalue weighted by Crippen LogP contribution is -2.29. The van der Waals surface area contributed by atoms with Gasteiger partial charge in [-0.3, -0.25) is 0 Å². The zero-order chi connectivity index (χ0) is 9.42. The molecule has 0 bridgehead atoms. The molecule has 1 aliphatic heterocycles. The van der Waals surface area contributed by atoms with Gasteiger partial charge in [0.2, 0.25) is 0 Å². The summed E-state index contributed by atoms with van der Waals surface area (Å²) < 4.78 is 2.16. The van der Waals surface area contributed by atoms with E-state index >= 15 is 0 Å². The Hall–Kier alpha value is -0.220. The van der Waals surface area contributed by atoms with Gasteiger partial charge in [0.25, 0.3) is 0 Å². The fraction of sp³-hybridized carbons (Fsp3) is 0.333. The zero-order valence-electron chi connectivity index (χ0n) is 7.20. The highest BCUT2D eigenvalue weighted by atomic mass is 79.9. The summed E-state index contributed by atoms with van der Waals surface area (Å²) in [5, 5.41) is 6.78. The molecule has 2 N–H and O–H groups in total. The number of halogens is 2. The van der Waals surface area contributed by atoms with Gasteiger partial charge in [0.15, 0.2) is 0 Å². The van der Waals surface area contributed by atoms with Gasteiger partial charge >= 0.3 is 0 Å². The topological polar surface area (TPSA) is 24.1 Å². The molecule has 4 heteroatoms. The minimum atomic E-state index is 0.487. The fourth-order valence-electron chi connectivity index (χ4n) is 1.39. The van der Waals surface area contributed by atoms with Crippen LogP contribution in [-0.4, -0.2) is 12.6 Å². The summed E-state index contributed by atoms with van der Waals surface area (Å²) in [4.78, 5) is 0. The van der Waals surface area contributed by atoms with E-state index in [0.717, 1.165) is 26.9 Å². The van der Waals surface area contributed by atoms with Crippen molar-refractivity contribution in [2.75, 3.05) is 17.2 Å². The lowest BCUT2D eigenvalue weighted by Gasteiger charge is -2.26. The van der Waals surface area contributed by atoms with Crippen molar-refractivity contribution in [3.63, 3.8) is 0 Å². The van der Waals surface area contributed by atoms with Gasteiger partial charge in [-0.1, -0.05) is 0 Å². The second kappa shape index (κ2) is 3.50. The third-order valence-corrected chi connectivity index (χ3v) is 3.91. The molecule has 0 saturated heterocycles. The van der Waals surface area contributed by atoms with Crippen LogP contribution in [0.5, 0.6) is 0 Å². The van der Waals surface area contributed by atoms with Gasteiger partial charge in [-0.2, -0.15) is 0 Å². The molecule has 13 heavy (non-hydrogen) atoms. The summed E-state index contributed by atoms with van der Waals surface area (Å²) in [6.45, 7) is 3.13. The van der Waals surface area contributed by atoms with Gasteiger partial charge < -0.3 is 10.6 Å². The van der Waals surface area contributed by atoms with Crippen molar-refractivity contribution in [3.05, 3.63) is 21.1 Å². The molecular weight excluding hydrogens is 296 g/mol. The van der Waals surface area contributed by atoms with E-state index in [9.17, 15) is 0 Å². The molecule has 0 aromatic heterocycles. The van der Waals surface area contributed by atoms with Crippen molar-refractivity contribution in [1.29, 1.82) is 0 Å². The van der Waals surface area contributed by atoms with Crippen molar-refractivity contribution in [2.24, 2.45) is 0 Å². The summed E-state index contributed by atoms with van der Waals surface area (Å²) in [6, 6.07) is 4.65. The maximum absolute atomic E-state index is 3.48. The monoisotopic (exact) mass is 304 g/mol. The van der Waals surface area contributed by atoms with Crippen molar-refractivity contribution in [2.45, 2.75) is 13.0 Å². The second-order valence-electron chi connectivity index (χ2n) is 3.24. The molecule has 1 aliphatic rings. The minimum absolute atomic E-state index is 0.487. The molecule has 0 amide bonds. The third-order valence-electron chi connectivity index (χ3n) is 2.06. The lowest BCUT2D eigenvalue weighted by atomic mass is 10.2. The molecule has 1 atom stereocenters. The SMILES string of the molecule is C[C@@H]1CNc2cc(Br)c(Br)cc2N1. The molecule has 1 heterocycles. The van der Waals surface area contributed by atoms with Gasteiger partial charge in [0.05, 0.1) is 11.4 Å². The van der Waals surface area contributed by atoms with E-state index in [1.165, 1.54) is 0 Å². The average Bonchev–Trinajstić information content (AvgIpc) is 2.08. The molecule has 1 aromatic carbocycles. The predicted molar refractivity (Wildman–Crippen MR) is 63.4 cm³/mol. The largest absolute Gasteiger partial charge is 0.381 e. The first-order valence-corrected chi connectivity index (χ1v) is 5.75. The molecule has 1 aromatic rings. The third kappa shape index (κ3) is 1.83. The highest BCUT2D eigenvalue weighted by Gasteiger charge is 2.14. The van der Waals surface area contributed by atoms with E-state index < -0.39 is 0 Å². The Kier molecular flexibility index (Phi) is 2.51. The summed E-state index contributed by atoms with van der Waals surface area (Å²) in [5.41, 5.74) is 2.32. The van der Waals surface area contributed by atoms with E-state index in [4.69, 9.17) is 0 Å². The van der Waals surface area contributed by atoms with Crippen molar-refractivity contribution >= 4 is 43.2 Å². The van der Waals surface area contributed by atoms with Gasteiger partial charge in [0, 0.05) is 21.5 Å². The van der Waals surface area contributed by atoms with Gasteiger partial charge in [0.1, 0.15) is 0 Å². The average molecular weight is 306 g/mol. The maximum atomic E-state index is 3.48. The van der Waals surface area contributed by atoms with Crippen LogP contribution in [0.15, 0.2) is 21.1 Å². The summed E-state index contributed by atoms with van der Waals surface area (Å²) >= 11 is 6.95. The Morgan fingerprint density at radius 2 is 1.85 bits per heavy atom. The Labute approximate surface area is 94.4 Å². The quantitative estimate of drug-likeness (QED) is 0.767. The van der Waals surface area contributed by atoms with Crippen LogP contribution in [0.2, 0.25) is 0 Å². The Morgan fingerprint density at radius 3 is 2.54 bits per heavy atom. The number of anilines is 2. The van der Waals surface area contributed by atoms with Crippen LogP contribution in [0.3, 0.4) is 0 Å². The summed E-state index contributed by atoms with van der Waals surface area (Å²) in [6.07, 6.45) is 0. The van der Waals surface area contributed by atoms with Gasteiger partial charge in [-0.25, -0.2) is 0 Å². The number of hydrogen-bond donors (Lipinski definition) is 2. The Balaban J connectivity index is 2.43. The van der Waals surface area contributed by atoms with E-state index in [0.29, 0.717) is 6.04 Å². The van der Waals surface area contributed by atoms with Crippen molar-refractivity contribution in [1.82, 2.24) is 0 Å². The first-order chi connectivity index (χ1) is 6.16. The molecular formula is C9H10Br2N2. The smallest absolute Gasteiger partial charge is 0.0590 e. The van der Waals surface area contributed by atoms with Crippen molar-refractivity contribution in [3.8, 4) is 0 Å². The second-order valence-corrected chi connectivity index (χ2v) is 4.95. The van der Waals surface area contributed by atoms with E-state index in [1.54, 1.807) is 0 Å². The van der Waals surface area contributed by atoms with Crippen LogP contribution in [0.25, 0.3) is 0 Å². The van der Waals surface area contributed by atoms with Gasteiger partial charge in [-0.15, -0.1) is 0 Å². The Bertz CT molecular complexity index is 339. The van der Waals surface area contributed by atoms with Crippen LogP contribution in [-0.2, 0) is 0 Å². The first kappa shape index (κ1) is 9.34. The molecule has 2 nitrogen and oxygen atoms in total. The highest BCUT2D eigenvalue weighted by molar-refractivity contribution is 9.13. The summed E-state index contributed by atoms with van der Waals surface area (Å²) in [5.74, 6) is 0. The van der Waals surface area contributed by atoms with E-state index in [2.05, 4.69) is 61.5 Å². The fourth-order valence-corrected chi connectivity index (χ4v) is 2.08. The highest BCUT2D eigenvalue weighted by Crippen LogP contribution is 2.34. The number of fused-ring (bicyclic) bond motifs is 1. The predicted octanol–water partition coefficient (Wildman–Crippen LogP) is 3.44. The zero-order valence-corrected chi connectivity index (χ0v) is 10.4. The number of rotatable bonds is 0. The van der Waals surface area contributed by atoms with Crippen LogP contribution >= 0.6 is 31.9 Å². The van der Waals surface area contributed by atoms with Gasteiger partial charge in [-0.05, 0) is 50.9 Å². The number of hydrogen-bond acceptors (Lipinski definition) is 2. The van der Waals surface area contributed by atoms with Crippen LogP contribution in [0.4, 0.5) is 11.4 Å². The molecule has 70 valence electrons. The molecule has 2 rings (SSSR count). The molecule has 0 spiro atoms. The first-order valence-electron chi connectivity index (χ1n) is 4.16.